The van der Waals surface area contributed by atoms with Gasteiger partial charge in [-0.05, 0) is 37.4 Å². The lowest BCUT2D eigenvalue weighted by Crippen LogP contribution is -2.19. The predicted molar refractivity (Wildman–Crippen MR) is 71.9 cm³/mol. The van der Waals surface area contributed by atoms with E-state index in [1.807, 2.05) is 13.1 Å². The van der Waals surface area contributed by atoms with Gasteiger partial charge in [0.15, 0.2) is 0 Å². The molecule has 0 radical (unpaired) electrons. The average molecular weight is 232 g/mol. The van der Waals surface area contributed by atoms with E-state index in [4.69, 9.17) is 0 Å². The fourth-order valence-electron chi connectivity index (χ4n) is 2.62. The van der Waals surface area contributed by atoms with Crippen molar-refractivity contribution in [3.63, 3.8) is 0 Å². The second-order valence-electron chi connectivity index (χ2n) is 5.28. The monoisotopic (exact) mass is 232 g/mol. The van der Waals surface area contributed by atoms with E-state index < -0.39 is 0 Å². The van der Waals surface area contributed by atoms with Gasteiger partial charge in [-0.1, -0.05) is 38.2 Å². The Morgan fingerprint density at radius 1 is 1.24 bits per heavy atom. The molecule has 1 fully saturated rings. The van der Waals surface area contributed by atoms with Crippen molar-refractivity contribution in [3.8, 4) is 0 Å². The SMILES string of the molecule is Cc1ccc(CNCCC2CCCCC2)cn1. The second-order valence-corrected chi connectivity index (χ2v) is 5.28. The lowest BCUT2D eigenvalue weighted by molar-refractivity contribution is 0.334. The lowest BCUT2D eigenvalue weighted by atomic mass is 9.87. The lowest BCUT2D eigenvalue weighted by Gasteiger charge is -2.21. The summed E-state index contributed by atoms with van der Waals surface area (Å²) in [5.74, 6) is 0.979. The van der Waals surface area contributed by atoms with Crippen molar-refractivity contribution in [2.45, 2.75) is 52.0 Å². The molecule has 0 aromatic carbocycles. The molecule has 0 saturated heterocycles. The van der Waals surface area contributed by atoms with E-state index in [-0.39, 0.29) is 0 Å². The summed E-state index contributed by atoms with van der Waals surface area (Å²) in [6.07, 6.45) is 10.6. The van der Waals surface area contributed by atoms with E-state index in [0.717, 1.165) is 24.7 Å². The van der Waals surface area contributed by atoms with Gasteiger partial charge in [-0.15, -0.1) is 0 Å². The van der Waals surface area contributed by atoms with Crippen LogP contribution in [-0.2, 0) is 6.54 Å². The highest BCUT2D eigenvalue weighted by Crippen LogP contribution is 2.25. The minimum atomic E-state index is 0.958. The zero-order valence-corrected chi connectivity index (χ0v) is 10.9. The van der Waals surface area contributed by atoms with Gasteiger partial charge in [0.1, 0.15) is 0 Å². The van der Waals surface area contributed by atoms with Crippen LogP contribution >= 0.6 is 0 Å². The Hall–Kier alpha value is -0.890. The first-order valence-electron chi connectivity index (χ1n) is 6.97. The van der Waals surface area contributed by atoms with Crippen LogP contribution in [0.5, 0.6) is 0 Å². The van der Waals surface area contributed by atoms with E-state index in [9.17, 15) is 0 Å². The Bertz CT molecular complexity index is 312. The first kappa shape index (κ1) is 12.6. The normalized spacial score (nSPS) is 17.2. The van der Waals surface area contributed by atoms with Gasteiger partial charge in [0.05, 0.1) is 0 Å². The summed E-state index contributed by atoms with van der Waals surface area (Å²) in [7, 11) is 0. The third kappa shape index (κ3) is 4.47. The van der Waals surface area contributed by atoms with Gasteiger partial charge in [-0.25, -0.2) is 0 Å². The molecule has 1 saturated carbocycles. The zero-order chi connectivity index (χ0) is 11.9. The highest BCUT2D eigenvalue weighted by molar-refractivity contribution is 5.12. The molecule has 2 nitrogen and oxygen atoms in total. The second kappa shape index (κ2) is 6.75. The van der Waals surface area contributed by atoms with Crippen LogP contribution in [0.1, 0.15) is 49.8 Å². The quantitative estimate of drug-likeness (QED) is 0.787. The number of hydrogen-bond acceptors (Lipinski definition) is 2. The molecular weight excluding hydrogens is 208 g/mol. The van der Waals surface area contributed by atoms with Crippen LogP contribution < -0.4 is 5.32 Å². The summed E-state index contributed by atoms with van der Waals surface area (Å²) in [5.41, 5.74) is 2.38. The van der Waals surface area contributed by atoms with Crippen molar-refractivity contribution in [2.24, 2.45) is 5.92 Å². The van der Waals surface area contributed by atoms with Crippen molar-refractivity contribution in [2.75, 3.05) is 6.54 Å². The molecule has 1 aliphatic rings. The van der Waals surface area contributed by atoms with Gasteiger partial charge >= 0.3 is 0 Å². The number of hydrogen-bond donors (Lipinski definition) is 1. The zero-order valence-electron chi connectivity index (χ0n) is 10.9. The number of rotatable bonds is 5. The van der Waals surface area contributed by atoms with Crippen molar-refractivity contribution < 1.29 is 0 Å². The molecular formula is C15H24N2. The first-order chi connectivity index (χ1) is 8.34. The number of nitrogens with one attached hydrogen (secondary N) is 1. The number of nitrogens with zero attached hydrogens (tertiary/aromatic N) is 1. The van der Waals surface area contributed by atoms with Crippen molar-refractivity contribution in [1.29, 1.82) is 0 Å². The first-order valence-corrected chi connectivity index (χ1v) is 6.97. The molecule has 94 valence electrons. The summed E-state index contributed by atoms with van der Waals surface area (Å²) < 4.78 is 0. The van der Waals surface area contributed by atoms with Crippen molar-refractivity contribution in [1.82, 2.24) is 10.3 Å². The van der Waals surface area contributed by atoms with Crippen LogP contribution in [0.25, 0.3) is 0 Å². The number of pyridine rings is 1. The summed E-state index contributed by atoms with van der Waals surface area (Å²) in [6.45, 7) is 4.14. The Balaban J connectivity index is 1.60. The Labute approximate surface area is 105 Å². The maximum Gasteiger partial charge on any atom is 0.0372 e. The van der Waals surface area contributed by atoms with Gasteiger partial charge in [0.25, 0.3) is 0 Å². The molecule has 1 heterocycles. The molecule has 2 rings (SSSR count). The van der Waals surface area contributed by atoms with Crippen LogP contribution in [-0.4, -0.2) is 11.5 Å². The molecule has 0 unspecified atom stereocenters. The van der Waals surface area contributed by atoms with Crippen molar-refractivity contribution >= 4 is 0 Å². The van der Waals surface area contributed by atoms with Gasteiger partial charge in [0, 0.05) is 18.4 Å². The smallest absolute Gasteiger partial charge is 0.0372 e. The molecule has 2 heteroatoms. The molecule has 0 atom stereocenters. The van der Waals surface area contributed by atoms with E-state index >= 15 is 0 Å². The van der Waals surface area contributed by atoms with Gasteiger partial charge < -0.3 is 5.32 Å². The summed E-state index contributed by atoms with van der Waals surface area (Å²) in [6, 6.07) is 4.24. The number of aryl methyl sites for hydroxylation is 1. The summed E-state index contributed by atoms with van der Waals surface area (Å²) >= 11 is 0. The predicted octanol–water partition coefficient (Wildman–Crippen LogP) is 3.45. The molecule has 1 N–H and O–H groups in total. The fourth-order valence-corrected chi connectivity index (χ4v) is 2.62. The molecule has 0 aliphatic heterocycles. The molecule has 17 heavy (non-hydrogen) atoms. The molecule has 0 spiro atoms. The highest BCUT2D eigenvalue weighted by Gasteiger charge is 2.12. The third-order valence-corrected chi connectivity index (χ3v) is 3.76. The molecule has 0 bridgehead atoms. The maximum atomic E-state index is 4.31. The van der Waals surface area contributed by atoms with Crippen LogP contribution in [0, 0.1) is 12.8 Å². The van der Waals surface area contributed by atoms with Gasteiger partial charge in [-0.2, -0.15) is 0 Å². The van der Waals surface area contributed by atoms with E-state index in [2.05, 4.69) is 22.4 Å². The summed E-state index contributed by atoms with van der Waals surface area (Å²) in [4.78, 5) is 4.31. The Morgan fingerprint density at radius 2 is 2.06 bits per heavy atom. The Morgan fingerprint density at radius 3 is 2.76 bits per heavy atom. The maximum absolute atomic E-state index is 4.31. The summed E-state index contributed by atoms with van der Waals surface area (Å²) in [5, 5.41) is 3.53. The topological polar surface area (TPSA) is 24.9 Å². The standard InChI is InChI=1S/C15H24N2/c1-13-7-8-15(12-17-13)11-16-10-9-14-5-3-2-4-6-14/h7-8,12,14,16H,2-6,9-11H2,1H3. The highest BCUT2D eigenvalue weighted by atomic mass is 14.8. The molecule has 1 aromatic heterocycles. The van der Waals surface area contributed by atoms with Crippen molar-refractivity contribution in [3.05, 3.63) is 29.6 Å². The van der Waals surface area contributed by atoms with E-state index in [0.29, 0.717) is 0 Å². The van der Waals surface area contributed by atoms with Crippen LogP contribution in [0.2, 0.25) is 0 Å². The minimum Gasteiger partial charge on any atom is -0.313 e. The molecule has 1 aliphatic carbocycles. The van der Waals surface area contributed by atoms with Crippen LogP contribution in [0.4, 0.5) is 0 Å². The van der Waals surface area contributed by atoms with Crippen LogP contribution in [0.15, 0.2) is 18.3 Å². The van der Waals surface area contributed by atoms with E-state index in [1.165, 1.54) is 44.1 Å². The Kier molecular flexibility index (Phi) is 4.99. The fraction of sp³-hybridized carbons (Fsp3) is 0.667. The van der Waals surface area contributed by atoms with Crippen LogP contribution in [0.3, 0.4) is 0 Å². The minimum absolute atomic E-state index is 0.958. The molecule has 0 amide bonds. The number of aromatic nitrogens is 1. The van der Waals surface area contributed by atoms with E-state index in [1.54, 1.807) is 0 Å². The average Bonchev–Trinajstić information content (AvgIpc) is 2.38. The molecule has 1 aromatic rings. The van der Waals surface area contributed by atoms with Gasteiger partial charge in [-0.3, -0.25) is 4.98 Å². The largest absolute Gasteiger partial charge is 0.313 e. The van der Waals surface area contributed by atoms with Gasteiger partial charge in [0.2, 0.25) is 0 Å². The third-order valence-electron chi connectivity index (χ3n) is 3.76.